The Bertz CT molecular complexity index is 817. The van der Waals surface area contributed by atoms with Crippen LogP contribution in [0.2, 0.25) is 0 Å². The summed E-state index contributed by atoms with van der Waals surface area (Å²) in [6.45, 7) is 5.01. The van der Waals surface area contributed by atoms with Crippen LogP contribution in [0.25, 0.3) is 0 Å². The van der Waals surface area contributed by atoms with Crippen molar-refractivity contribution in [2.24, 2.45) is 0 Å². The van der Waals surface area contributed by atoms with Crippen molar-refractivity contribution in [3.63, 3.8) is 0 Å². The van der Waals surface area contributed by atoms with Crippen LogP contribution in [-0.2, 0) is 9.53 Å². The van der Waals surface area contributed by atoms with Crippen LogP contribution in [0.5, 0.6) is 0 Å². The van der Waals surface area contributed by atoms with E-state index < -0.39 is 4.92 Å². The Morgan fingerprint density at radius 3 is 2.56 bits per heavy atom. The zero-order valence-electron chi connectivity index (χ0n) is 15.1. The van der Waals surface area contributed by atoms with Crippen LogP contribution in [0, 0.1) is 17.0 Å². The first-order valence-electron chi connectivity index (χ1n) is 8.74. The molecule has 0 radical (unpaired) electrons. The van der Waals surface area contributed by atoms with Crippen molar-refractivity contribution in [2.75, 3.05) is 48.4 Å². The Hall–Kier alpha value is -3.13. The van der Waals surface area contributed by atoms with Gasteiger partial charge in [0.2, 0.25) is 5.91 Å². The predicted molar refractivity (Wildman–Crippen MR) is 104 cm³/mol. The van der Waals surface area contributed by atoms with Crippen LogP contribution < -0.4 is 15.5 Å². The fraction of sp³-hybridized carbons (Fsp3) is 0.316. The lowest BCUT2D eigenvalue weighted by Gasteiger charge is -2.28. The summed E-state index contributed by atoms with van der Waals surface area (Å²) in [5.74, 6) is -0.222. The van der Waals surface area contributed by atoms with Gasteiger partial charge in [0.15, 0.2) is 0 Å². The molecule has 2 aromatic rings. The number of nitrogens with zero attached hydrogens (tertiary/aromatic N) is 2. The van der Waals surface area contributed by atoms with Crippen molar-refractivity contribution in [3.8, 4) is 0 Å². The molecule has 142 valence electrons. The number of anilines is 3. The third kappa shape index (κ3) is 4.95. The Morgan fingerprint density at radius 1 is 1.19 bits per heavy atom. The van der Waals surface area contributed by atoms with Crippen molar-refractivity contribution in [1.82, 2.24) is 0 Å². The number of rotatable bonds is 6. The molecule has 0 bridgehead atoms. The lowest BCUT2D eigenvalue weighted by atomic mass is 10.2. The number of nitro benzene ring substituents is 1. The molecule has 2 aromatic carbocycles. The monoisotopic (exact) mass is 370 g/mol. The number of nitrogens with one attached hydrogen (secondary N) is 2. The molecule has 2 N–H and O–H groups in total. The van der Waals surface area contributed by atoms with Gasteiger partial charge in [0.05, 0.1) is 24.7 Å². The van der Waals surface area contributed by atoms with E-state index in [1.807, 2.05) is 31.2 Å². The summed E-state index contributed by atoms with van der Waals surface area (Å²) >= 11 is 0. The molecule has 27 heavy (non-hydrogen) atoms. The van der Waals surface area contributed by atoms with Crippen molar-refractivity contribution < 1.29 is 14.5 Å². The summed E-state index contributed by atoms with van der Waals surface area (Å²) in [6.07, 6.45) is 0. The molecule has 0 aromatic heterocycles. The van der Waals surface area contributed by atoms with Gasteiger partial charge in [-0.25, -0.2) is 0 Å². The molecule has 0 saturated carbocycles. The molecule has 8 nitrogen and oxygen atoms in total. The standard InChI is InChI=1S/C19H22N4O4/c1-14-2-5-17(23(25)26)12-18(14)20-13-19(24)21-15-3-6-16(7-4-15)22-8-10-27-11-9-22/h2-7,12,20H,8-11,13H2,1H3,(H,21,24). The average molecular weight is 370 g/mol. The largest absolute Gasteiger partial charge is 0.378 e. The van der Waals surface area contributed by atoms with Gasteiger partial charge >= 0.3 is 0 Å². The molecule has 8 heteroatoms. The predicted octanol–water partition coefficient (Wildman–Crippen LogP) is 2.79. The number of aryl methyl sites for hydroxylation is 1. The molecule has 3 rings (SSSR count). The van der Waals surface area contributed by atoms with Crippen LogP contribution in [0.3, 0.4) is 0 Å². The number of hydrogen-bond acceptors (Lipinski definition) is 6. The highest BCUT2D eigenvalue weighted by molar-refractivity contribution is 5.94. The molecule has 1 saturated heterocycles. The summed E-state index contributed by atoms with van der Waals surface area (Å²) in [6, 6.07) is 12.2. The van der Waals surface area contributed by atoms with Crippen molar-refractivity contribution in [1.29, 1.82) is 0 Å². The molecule has 1 fully saturated rings. The number of morpholine rings is 1. The molecule has 1 aliphatic heterocycles. The van der Waals surface area contributed by atoms with Crippen LogP contribution in [0.1, 0.15) is 5.56 Å². The number of amides is 1. The van der Waals surface area contributed by atoms with E-state index in [9.17, 15) is 14.9 Å². The van der Waals surface area contributed by atoms with Gasteiger partial charge < -0.3 is 20.3 Å². The van der Waals surface area contributed by atoms with Crippen molar-refractivity contribution >= 4 is 28.7 Å². The Kier molecular flexibility index (Phi) is 5.87. The topological polar surface area (TPSA) is 96.7 Å². The van der Waals surface area contributed by atoms with Gasteiger partial charge in [-0.2, -0.15) is 0 Å². The maximum Gasteiger partial charge on any atom is 0.271 e. The zero-order chi connectivity index (χ0) is 19.2. The van der Waals surface area contributed by atoms with Gasteiger partial charge in [0.1, 0.15) is 0 Å². The van der Waals surface area contributed by atoms with Gasteiger partial charge in [-0.15, -0.1) is 0 Å². The lowest BCUT2D eigenvalue weighted by Crippen LogP contribution is -2.36. The van der Waals surface area contributed by atoms with Gasteiger partial charge in [0.25, 0.3) is 5.69 Å². The summed E-state index contributed by atoms with van der Waals surface area (Å²) in [5.41, 5.74) is 3.20. The number of carbonyl (C=O) groups excluding carboxylic acids is 1. The minimum absolute atomic E-state index is 0.0118. The van der Waals surface area contributed by atoms with Crippen LogP contribution in [0.4, 0.5) is 22.7 Å². The number of hydrogen-bond donors (Lipinski definition) is 2. The number of ether oxygens (including phenoxy) is 1. The normalized spacial score (nSPS) is 13.9. The van der Waals surface area contributed by atoms with Crippen LogP contribution in [-0.4, -0.2) is 43.7 Å². The maximum atomic E-state index is 12.2. The van der Waals surface area contributed by atoms with E-state index in [0.717, 1.165) is 37.6 Å². The average Bonchev–Trinajstić information content (AvgIpc) is 2.68. The lowest BCUT2D eigenvalue weighted by molar-refractivity contribution is -0.384. The highest BCUT2D eigenvalue weighted by Crippen LogP contribution is 2.22. The molecule has 0 aliphatic carbocycles. The highest BCUT2D eigenvalue weighted by Gasteiger charge is 2.12. The quantitative estimate of drug-likeness (QED) is 0.599. The smallest absolute Gasteiger partial charge is 0.271 e. The second-order valence-corrected chi connectivity index (χ2v) is 6.30. The summed E-state index contributed by atoms with van der Waals surface area (Å²) < 4.78 is 5.35. The van der Waals surface area contributed by atoms with Gasteiger partial charge in [-0.3, -0.25) is 14.9 Å². The molecule has 0 spiro atoms. The molecule has 1 aliphatic rings. The highest BCUT2D eigenvalue weighted by atomic mass is 16.6. The van der Waals surface area contributed by atoms with Crippen molar-refractivity contribution in [2.45, 2.75) is 6.92 Å². The number of nitro groups is 1. The van der Waals surface area contributed by atoms with E-state index in [0.29, 0.717) is 11.4 Å². The number of benzene rings is 2. The van der Waals surface area contributed by atoms with Crippen LogP contribution >= 0.6 is 0 Å². The second-order valence-electron chi connectivity index (χ2n) is 6.30. The van der Waals surface area contributed by atoms with Gasteiger partial charge in [0, 0.05) is 42.3 Å². The first kappa shape index (κ1) is 18.7. The molecule has 1 amide bonds. The summed E-state index contributed by atoms with van der Waals surface area (Å²) in [4.78, 5) is 24.8. The first-order valence-corrected chi connectivity index (χ1v) is 8.74. The van der Waals surface area contributed by atoms with E-state index in [1.54, 1.807) is 6.07 Å². The van der Waals surface area contributed by atoms with Gasteiger partial charge in [-0.1, -0.05) is 6.07 Å². The molecule has 1 heterocycles. The minimum Gasteiger partial charge on any atom is -0.378 e. The molecular formula is C19H22N4O4. The third-order valence-electron chi connectivity index (χ3n) is 4.40. The van der Waals surface area contributed by atoms with Crippen LogP contribution in [0.15, 0.2) is 42.5 Å². The fourth-order valence-corrected chi connectivity index (χ4v) is 2.87. The Morgan fingerprint density at radius 2 is 1.89 bits per heavy atom. The zero-order valence-corrected chi connectivity index (χ0v) is 15.1. The third-order valence-corrected chi connectivity index (χ3v) is 4.40. The Labute approximate surface area is 157 Å². The second kappa shape index (κ2) is 8.50. The van der Waals surface area contributed by atoms with Gasteiger partial charge in [-0.05, 0) is 36.8 Å². The van der Waals surface area contributed by atoms with E-state index in [1.165, 1.54) is 12.1 Å². The van der Waals surface area contributed by atoms with E-state index in [-0.39, 0.29) is 18.1 Å². The Balaban J connectivity index is 1.55. The van der Waals surface area contributed by atoms with Crippen molar-refractivity contribution in [3.05, 3.63) is 58.1 Å². The summed E-state index contributed by atoms with van der Waals surface area (Å²) in [5, 5.41) is 16.6. The molecule has 0 unspecified atom stereocenters. The molecular weight excluding hydrogens is 348 g/mol. The number of carbonyl (C=O) groups is 1. The fourth-order valence-electron chi connectivity index (χ4n) is 2.87. The minimum atomic E-state index is -0.458. The maximum absolute atomic E-state index is 12.2. The molecule has 0 atom stereocenters. The first-order chi connectivity index (χ1) is 13.0. The van der Waals surface area contributed by atoms with E-state index in [4.69, 9.17) is 4.74 Å². The van der Waals surface area contributed by atoms with E-state index in [2.05, 4.69) is 15.5 Å². The van der Waals surface area contributed by atoms with E-state index >= 15 is 0 Å². The SMILES string of the molecule is Cc1ccc([N+](=O)[O-])cc1NCC(=O)Nc1ccc(N2CCOCC2)cc1. The summed E-state index contributed by atoms with van der Waals surface area (Å²) in [7, 11) is 0. The number of non-ortho nitro benzene ring substituents is 1.